The standard InChI is InChI=1S/C27H36N6O2/c1-18(2)23-17-33-26(29-23)25-24(32(27(33)34)16-19-6-8-22(35-5)9-7-19)14-21(15-28-25)31-12-10-20(11-13-31)30(3)4/h6-9,14-15,18,20,23H,10-13,16-17H2,1-5H3. The van der Waals surface area contributed by atoms with E-state index in [9.17, 15) is 4.79 Å². The zero-order chi connectivity index (χ0) is 24.7. The average molecular weight is 477 g/mol. The van der Waals surface area contributed by atoms with Crippen molar-refractivity contribution in [3.05, 3.63) is 47.8 Å². The lowest BCUT2D eigenvalue weighted by atomic mass is 10.0. The predicted octanol–water partition coefficient (Wildman–Crippen LogP) is 3.85. The molecule has 0 bridgehead atoms. The number of methoxy groups -OCH3 is 1. The lowest BCUT2D eigenvalue weighted by molar-refractivity contribution is 0.225. The van der Waals surface area contributed by atoms with Gasteiger partial charge in [0.05, 0.1) is 43.8 Å². The van der Waals surface area contributed by atoms with Crippen LogP contribution in [0.2, 0.25) is 0 Å². The quantitative estimate of drug-likeness (QED) is 0.634. The zero-order valence-corrected chi connectivity index (χ0v) is 21.4. The molecule has 3 aliphatic rings. The van der Waals surface area contributed by atoms with E-state index in [2.05, 4.69) is 43.8 Å². The Morgan fingerprint density at radius 2 is 1.86 bits per heavy atom. The normalized spacial score (nSPS) is 20.4. The van der Waals surface area contributed by atoms with Crippen molar-refractivity contribution in [3.63, 3.8) is 0 Å². The van der Waals surface area contributed by atoms with Gasteiger partial charge in [-0.2, -0.15) is 0 Å². The van der Waals surface area contributed by atoms with Gasteiger partial charge in [-0.1, -0.05) is 26.0 Å². The van der Waals surface area contributed by atoms with E-state index in [0.29, 0.717) is 30.9 Å². The molecule has 4 heterocycles. The number of pyridine rings is 1. The molecule has 2 aromatic rings. The first-order valence-corrected chi connectivity index (χ1v) is 12.6. The zero-order valence-electron chi connectivity index (χ0n) is 21.4. The third-order valence-electron chi connectivity index (χ3n) is 7.56. The summed E-state index contributed by atoms with van der Waals surface area (Å²) in [4.78, 5) is 32.0. The first-order chi connectivity index (χ1) is 16.9. The lowest BCUT2D eigenvalue weighted by Gasteiger charge is -2.38. The van der Waals surface area contributed by atoms with Gasteiger partial charge in [0.25, 0.3) is 0 Å². The summed E-state index contributed by atoms with van der Waals surface area (Å²) in [6, 6.07) is 10.7. The largest absolute Gasteiger partial charge is 0.497 e. The molecule has 1 atom stereocenters. The fraction of sp³-hybridized carbons (Fsp3) is 0.519. The highest BCUT2D eigenvalue weighted by molar-refractivity contribution is 6.19. The number of aromatic nitrogens is 1. The minimum Gasteiger partial charge on any atom is -0.497 e. The predicted molar refractivity (Wildman–Crippen MR) is 140 cm³/mol. The molecule has 2 amide bonds. The van der Waals surface area contributed by atoms with Gasteiger partial charge in [0.2, 0.25) is 0 Å². The Morgan fingerprint density at radius 3 is 2.49 bits per heavy atom. The molecule has 186 valence electrons. The van der Waals surface area contributed by atoms with Gasteiger partial charge in [0, 0.05) is 19.1 Å². The molecule has 1 saturated heterocycles. The molecule has 0 N–H and O–H groups in total. The van der Waals surface area contributed by atoms with Crippen LogP contribution in [0.15, 0.2) is 41.5 Å². The van der Waals surface area contributed by atoms with Crippen LogP contribution < -0.4 is 14.5 Å². The van der Waals surface area contributed by atoms with Crippen molar-refractivity contribution < 1.29 is 9.53 Å². The smallest absolute Gasteiger partial charge is 0.330 e. The second-order valence-corrected chi connectivity index (χ2v) is 10.3. The van der Waals surface area contributed by atoms with Crippen LogP contribution in [0.25, 0.3) is 0 Å². The highest BCUT2D eigenvalue weighted by Crippen LogP contribution is 2.36. The SMILES string of the molecule is COc1ccc(CN2C(=O)N3CC(C(C)C)N=C3c3ncc(N4CCC(N(C)C)CC4)cc32)cc1. The molecule has 0 saturated carbocycles. The summed E-state index contributed by atoms with van der Waals surface area (Å²) in [6.07, 6.45) is 4.20. The summed E-state index contributed by atoms with van der Waals surface area (Å²) < 4.78 is 5.31. The molecule has 1 unspecified atom stereocenters. The van der Waals surface area contributed by atoms with Crippen molar-refractivity contribution in [2.75, 3.05) is 50.6 Å². The number of hydrogen-bond donors (Lipinski definition) is 0. The Morgan fingerprint density at radius 1 is 1.14 bits per heavy atom. The summed E-state index contributed by atoms with van der Waals surface area (Å²) in [7, 11) is 5.97. The van der Waals surface area contributed by atoms with E-state index in [0.717, 1.165) is 54.3 Å². The highest BCUT2D eigenvalue weighted by Gasteiger charge is 2.42. The third kappa shape index (κ3) is 4.47. The topological polar surface area (TPSA) is 64.5 Å². The van der Waals surface area contributed by atoms with Crippen LogP contribution in [0.1, 0.15) is 37.9 Å². The number of benzene rings is 1. The molecule has 0 aliphatic carbocycles. The first-order valence-electron chi connectivity index (χ1n) is 12.6. The van der Waals surface area contributed by atoms with Crippen molar-refractivity contribution in [1.29, 1.82) is 0 Å². The van der Waals surface area contributed by atoms with E-state index < -0.39 is 0 Å². The minimum absolute atomic E-state index is 0.0273. The van der Waals surface area contributed by atoms with E-state index in [1.807, 2.05) is 40.3 Å². The van der Waals surface area contributed by atoms with E-state index in [1.165, 1.54) is 0 Å². The summed E-state index contributed by atoms with van der Waals surface area (Å²) in [5.41, 5.74) is 3.76. The van der Waals surface area contributed by atoms with Crippen LogP contribution in [-0.4, -0.2) is 79.6 Å². The molecule has 1 fully saturated rings. The number of carbonyl (C=O) groups is 1. The molecule has 1 aromatic heterocycles. The Balaban J connectivity index is 1.49. The fourth-order valence-electron chi connectivity index (χ4n) is 5.21. The Bertz CT molecular complexity index is 1110. The molecule has 5 rings (SSSR count). The van der Waals surface area contributed by atoms with Gasteiger partial charge in [-0.25, -0.2) is 9.78 Å². The van der Waals surface area contributed by atoms with Crippen molar-refractivity contribution in [1.82, 2.24) is 14.8 Å². The highest BCUT2D eigenvalue weighted by atomic mass is 16.5. The number of urea groups is 1. The van der Waals surface area contributed by atoms with Gasteiger partial charge in [0.1, 0.15) is 11.4 Å². The molecule has 3 aliphatic heterocycles. The number of amides is 2. The van der Waals surface area contributed by atoms with E-state index in [-0.39, 0.29) is 12.1 Å². The molecule has 8 heteroatoms. The number of carbonyl (C=O) groups excluding carboxylic acids is 1. The molecule has 35 heavy (non-hydrogen) atoms. The Hall–Kier alpha value is -3.13. The maximum atomic E-state index is 13.8. The number of rotatable bonds is 6. The van der Waals surface area contributed by atoms with Gasteiger partial charge in [-0.05, 0) is 56.6 Å². The average Bonchev–Trinajstić information content (AvgIpc) is 3.33. The van der Waals surface area contributed by atoms with Crippen LogP contribution in [-0.2, 0) is 6.54 Å². The maximum absolute atomic E-state index is 13.8. The van der Waals surface area contributed by atoms with E-state index >= 15 is 0 Å². The third-order valence-corrected chi connectivity index (χ3v) is 7.56. The van der Waals surface area contributed by atoms with Crippen molar-refractivity contribution in [3.8, 4) is 5.75 Å². The molecule has 8 nitrogen and oxygen atoms in total. The van der Waals surface area contributed by atoms with Crippen molar-refractivity contribution in [2.45, 2.75) is 45.3 Å². The number of anilines is 2. The molecular formula is C27H36N6O2. The number of fused-ring (bicyclic) bond motifs is 3. The lowest BCUT2D eigenvalue weighted by Crippen LogP contribution is -2.50. The maximum Gasteiger partial charge on any atom is 0.330 e. The van der Waals surface area contributed by atoms with Gasteiger partial charge in [-0.15, -0.1) is 0 Å². The number of piperidine rings is 1. The Kier molecular flexibility index (Phi) is 6.40. The number of ether oxygens (including phenoxy) is 1. The van der Waals surface area contributed by atoms with Crippen LogP contribution in [0.4, 0.5) is 16.2 Å². The molecular weight excluding hydrogens is 440 g/mol. The second kappa shape index (κ2) is 9.49. The van der Waals surface area contributed by atoms with Gasteiger partial charge < -0.3 is 14.5 Å². The number of amidine groups is 1. The van der Waals surface area contributed by atoms with Crippen molar-refractivity contribution in [2.24, 2.45) is 10.9 Å². The first kappa shape index (κ1) is 23.6. The summed E-state index contributed by atoms with van der Waals surface area (Å²) in [6.45, 7) is 7.35. The van der Waals surface area contributed by atoms with Crippen LogP contribution >= 0.6 is 0 Å². The van der Waals surface area contributed by atoms with Crippen LogP contribution in [0, 0.1) is 5.92 Å². The minimum atomic E-state index is -0.0273. The van der Waals surface area contributed by atoms with E-state index in [4.69, 9.17) is 14.7 Å². The van der Waals surface area contributed by atoms with Gasteiger partial charge in [-0.3, -0.25) is 14.8 Å². The number of nitrogens with zero attached hydrogens (tertiary/aromatic N) is 6. The molecule has 0 radical (unpaired) electrons. The summed E-state index contributed by atoms with van der Waals surface area (Å²) in [5.74, 6) is 1.88. The second-order valence-electron chi connectivity index (χ2n) is 10.3. The van der Waals surface area contributed by atoms with Crippen molar-refractivity contribution >= 4 is 23.2 Å². The van der Waals surface area contributed by atoms with Crippen LogP contribution in [0.3, 0.4) is 0 Å². The molecule has 1 aromatic carbocycles. The summed E-state index contributed by atoms with van der Waals surface area (Å²) >= 11 is 0. The summed E-state index contributed by atoms with van der Waals surface area (Å²) in [5, 5.41) is 0. The number of hydrogen-bond acceptors (Lipinski definition) is 6. The van der Waals surface area contributed by atoms with Gasteiger partial charge in [0.15, 0.2) is 5.84 Å². The Labute approximate surface area is 208 Å². The van der Waals surface area contributed by atoms with Gasteiger partial charge >= 0.3 is 6.03 Å². The van der Waals surface area contributed by atoms with Crippen LogP contribution in [0.5, 0.6) is 5.75 Å². The molecule has 0 spiro atoms. The van der Waals surface area contributed by atoms with E-state index in [1.54, 1.807) is 7.11 Å². The fourth-order valence-corrected chi connectivity index (χ4v) is 5.21. The number of aliphatic imine (C=N–C) groups is 1. The monoisotopic (exact) mass is 476 g/mol.